The Morgan fingerprint density at radius 2 is 2.10 bits per heavy atom. The molecule has 0 aliphatic carbocycles. The van der Waals surface area contributed by atoms with Crippen LogP contribution in [0.5, 0.6) is 5.75 Å². The molecule has 1 aliphatic rings. The highest BCUT2D eigenvalue weighted by atomic mass is 19.1. The van der Waals surface area contributed by atoms with Gasteiger partial charge >= 0.3 is 0 Å². The Balaban J connectivity index is 1.93. The van der Waals surface area contributed by atoms with Crippen LogP contribution in [0, 0.1) is 5.82 Å². The number of nitrogens with one attached hydrogen (secondary N) is 1. The summed E-state index contributed by atoms with van der Waals surface area (Å²) < 4.78 is 18.9. The van der Waals surface area contributed by atoms with Gasteiger partial charge in [-0.15, -0.1) is 0 Å². The smallest absolute Gasteiger partial charge is 0.124 e. The normalized spacial score (nSPS) is 14.1. The molecule has 1 N–H and O–H groups in total. The van der Waals surface area contributed by atoms with Crippen LogP contribution in [0.4, 0.5) is 15.8 Å². The van der Waals surface area contributed by atoms with Crippen molar-refractivity contribution < 1.29 is 9.13 Å². The predicted molar refractivity (Wildman–Crippen MR) is 83.6 cm³/mol. The molecular weight excluding hydrogens is 267 g/mol. The van der Waals surface area contributed by atoms with Crippen molar-refractivity contribution >= 4 is 11.4 Å². The summed E-state index contributed by atoms with van der Waals surface area (Å²) in [5, 5.41) is 3.43. The van der Waals surface area contributed by atoms with Crippen LogP contribution >= 0.6 is 0 Å². The lowest BCUT2D eigenvalue weighted by molar-refractivity contribution is 0.407. The monoisotopic (exact) mass is 286 g/mol. The third kappa shape index (κ3) is 2.94. The van der Waals surface area contributed by atoms with Crippen LogP contribution in [0.15, 0.2) is 42.5 Å². The Kier molecular flexibility index (Phi) is 3.95. The van der Waals surface area contributed by atoms with Gasteiger partial charge in [0.15, 0.2) is 0 Å². The molecule has 4 heteroatoms. The number of benzene rings is 2. The molecule has 2 aromatic carbocycles. The summed E-state index contributed by atoms with van der Waals surface area (Å²) >= 11 is 0. The Hall–Kier alpha value is -2.23. The molecule has 0 aromatic heterocycles. The molecule has 0 saturated carbocycles. The van der Waals surface area contributed by atoms with Gasteiger partial charge in [0, 0.05) is 25.2 Å². The Morgan fingerprint density at radius 1 is 1.24 bits per heavy atom. The van der Waals surface area contributed by atoms with Crippen molar-refractivity contribution in [1.29, 1.82) is 0 Å². The molecule has 0 spiro atoms. The van der Waals surface area contributed by atoms with Gasteiger partial charge in [0.25, 0.3) is 0 Å². The lowest BCUT2D eigenvalue weighted by Gasteiger charge is -2.25. The molecule has 1 aliphatic heterocycles. The number of halogens is 1. The quantitative estimate of drug-likeness (QED) is 0.932. The number of anilines is 2. The average Bonchev–Trinajstić information content (AvgIpc) is 2.70. The van der Waals surface area contributed by atoms with Crippen molar-refractivity contribution in [3.63, 3.8) is 0 Å². The second-order valence-electron chi connectivity index (χ2n) is 5.18. The molecular formula is C17H19FN2O. The van der Waals surface area contributed by atoms with Gasteiger partial charge in [-0.25, -0.2) is 4.39 Å². The topological polar surface area (TPSA) is 24.5 Å². The molecule has 3 nitrogen and oxygen atoms in total. The minimum Gasteiger partial charge on any atom is -0.496 e. The van der Waals surface area contributed by atoms with E-state index in [1.54, 1.807) is 19.2 Å². The van der Waals surface area contributed by atoms with Gasteiger partial charge in [-0.2, -0.15) is 0 Å². The van der Waals surface area contributed by atoms with Crippen LogP contribution in [-0.2, 0) is 6.54 Å². The number of rotatable bonds is 3. The van der Waals surface area contributed by atoms with Crippen molar-refractivity contribution in [3.05, 3.63) is 53.8 Å². The molecule has 21 heavy (non-hydrogen) atoms. The molecule has 0 unspecified atom stereocenters. The minimum atomic E-state index is -0.230. The molecule has 0 radical (unpaired) electrons. The van der Waals surface area contributed by atoms with Crippen LogP contribution in [0.1, 0.15) is 12.0 Å². The Bertz CT molecular complexity index is 630. The van der Waals surface area contributed by atoms with E-state index >= 15 is 0 Å². The van der Waals surface area contributed by atoms with E-state index in [-0.39, 0.29) is 5.82 Å². The summed E-state index contributed by atoms with van der Waals surface area (Å²) in [5.74, 6) is 0.498. The molecule has 110 valence electrons. The van der Waals surface area contributed by atoms with Crippen molar-refractivity contribution in [2.45, 2.75) is 13.0 Å². The fourth-order valence-corrected chi connectivity index (χ4v) is 2.75. The van der Waals surface area contributed by atoms with E-state index in [1.165, 1.54) is 6.07 Å². The summed E-state index contributed by atoms with van der Waals surface area (Å²) in [5.41, 5.74) is 3.15. The molecule has 0 atom stereocenters. The number of hydrogen-bond acceptors (Lipinski definition) is 3. The van der Waals surface area contributed by atoms with Gasteiger partial charge in [-0.1, -0.05) is 12.1 Å². The lowest BCUT2D eigenvalue weighted by Crippen LogP contribution is -2.23. The first-order valence-electron chi connectivity index (χ1n) is 7.18. The van der Waals surface area contributed by atoms with Crippen molar-refractivity contribution in [2.75, 3.05) is 30.4 Å². The number of fused-ring (bicyclic) bond motifs is 1. The SMILES string of the molecule is COc1ccc(F)cc1CN1CCCNc2ccccc21. The first-order valence-corrected chi connectivity index (χ1v) is 7.18. The van der Waals surface area contributed by atoms with Crippen molar-refractivity contribution in [3.8, 4) is 5.75 Å². The average molecular weight is 286 g/mol. The maximum atomic E-state index is 13.5. The summed E-state index contributed by atoms with van der Waals surface area (Å²) in [4.78, 5) is 2.27. The molecule has 0 amide bonds. The highest BCUT2D eigenvalue weighted by molar-refractivity contribution is 5.70. The van der Waals surface area contributed by atoms with Crippen LogP contribution in [0.3, 0.4) is 0 Å². The largest absolute Gasteiger partial charge is 0.496 e. The van der Waals surface area contributed by atoms with E-state index in [4.69, 9.17) is 4.74 Å². The second-order valence-corrected chi connectivity index (χ2v) is 5.18. The lowest BCUT2D eigenvalue weighted by atomic mass is 10.1. The van der Waals surface area contributed by atoms with E-state index in [2.05, 4.69) is 22.3 Å². The zero-order valence-corrected chi connectivity index (χ0v) is 12.1. The summed E-state index contributed by atoms with van der Waals surface area (Å²) in [6, 6.07) is 12.9. The van der Waals surface area contributed by atoms with E-state index in [0.29, 0.717) is 6.54 Å². The highest BCUT2D eigenvalue weighted by Crippen LogP contribution is 2.31. The molecule has 2 aromatic rings. The van der Waals surface area contributed by atoms with E-state index < -0.39 is 0 Å². The molecule has 3 rings (SSSR count). The minimum absolute atomic E-state index is 0.230. The first kappa shape index (κ1) is 13.7. The predicted octanol–water partition coefficient (Wildman–Crippen LogP) is 3.66. The van der Waals surface area contributed by atoms with Crippen LogP contribution in [-0.4, -0.2) is 20.2 Å². The number of nitrogens with zero attached hydrogens (tertiary/aromatic N) is 1. The zero-order valence-electron chi connectivity index (χ0n) is 12.1. The summed E-state index contributed by atoms with van der Waals surface area (Å²) in [7, 11) is 1.62. The number of para-hydroxylation sites is 2. The standard InChI is InChI=1S/C17H19FN2O/c1-21-17-8-7-14(18)11-13(17)12-20-10-4-9-19-15-5-2-3-6-16(15)20/h2-3,5-8,11,19H,4,9-10,12H2,1H3. The van der Waals surface area contributed by atoms with Crippen LogP contribution < -0.4 is 15.0 Å². The Morgan fingerprint density at radius 3 is 2.95 bits per heavy atom. The van der Waals surface area contributed by atoms with Crippen molar-refractivity contribution in [1.82, 2.24) is 0 Å². The number of methoxy groups -OCH3 is 1. The van der Waals surface area contributed by atoms with Crippen LogP contribution in [0.25, 0.3) is 0 Å². The third-order valence-corrected chi connectivity index (χ3v) is 3.77. The molecule has 0 saturated heterocycles. The van der Waals surface area contributed by atoms with Crippen molar-refractivity contribution in [2.24, 2.45) is 0 Å². The Labute approximate surface area is 124 Å². The van der Waals surface area contributed by atoms with Crippen LogP contribution in [0.2, 0.25) is 0 Å². The van der Waals surface area contributed by atoms with Gasteiger partial charge in [0.2, 0.25) is 0 Å². The maximum absolute atomic E-state index is 13.5. The first-order chi connectivity index (χ1) is 10.3. The van der Waals surface area contributed by atoms with E-state index in [1.807, 2.05) is 12.1 Å². The third-order valence-electron chi connectivity index (χ3n) is 3.77. The van der Waals surface area contributed by atoms with E-state index in [0.717, 1.165) is 42.2 Å². The fourth-order valence-electron chi connectivity index (χ4n) is 2.75. The zero-order chi connectivity index (χ0) is 14.7. The van der Waals surface area contributed by atoms with Gasteiger partial charge in [-0.3, -0.25) is 0 Å². The molecule has 0 fully saturated rings. The number of hydrogen-bond donors (Lipinski definition) is 1. The maximum Gasteiger partial charge on any atom is 0.124 e. The van der Waals surface area contributed by atoms with Gasteiger partial charge in [0.05, 0.1) is 18.5 Å². The van der Waals surface area contributed by atoms with E-state index in [9.17, 15) is 4.39 Å². The van der Waals surface area contributed by atoms with Gasteiger partial charge in [-0.05, 0) is 36.8 Å². The second kappa shape index (κ2) is 6.04. The highest BCUT2D eigenvalue weighted by Gasteiger charge is 2.16. The number of ether oxygens (including phenoxy) is 1. The summed E-state index contributed by atoms with van der Waals surface area (Å²) in [6.45, 7) is 2.52. The molecule has 0 bridgehead atoms. The summed E-state index contributed by atoms with van der Waals surface area (Å²) in [6.07, 6.45) is 1.05. The van der Waals surface area contributed by atoms with Gasteiger partial charge < -0.3 is 15.0 Å². The van der Waals surface area contributed by atoms with Gasteiger partial charge in [0.1, 0.15) is 11.6 Å². The molecule has 1 heterocycles. The fraction of sp³-hybridized carbons (Fsp3) is 0.294.